The van der Waals surface area contributed by atoms with Gasteiger partial charge in [-0.15, -0.1) is 24.0 Å². The third-order valence-corrected chi connectivity index (χ3v) is 5.85. The molecule has 1 heterocycles. The van der Waals surface area contributed by atoms with E-state index in [4.69, 9.17) is 9.47 Å². The molecule has 1 saturated heterocycles. The van der Waals surface area contributed by atoms with Gasteiger partial charge >= 0.3 is 0 Å². The number of nitrogens with one attached hydrogen (secondary N) is 3. The van der Waals surface area contributed by atoms with Gasteiger partial charge in [-0.2, -0.15) is 0 Å². The Morgan fingerprint density at radius 1 is 1.15 bits per heavy atom. The van der Waals surface area contributed by atoms with Gasteiger partial charge in [0.2, 0.25) is 5.91 Å². The standard InChI is InChI=1S/C24H39N5O3.HI/c1-3-25-24(27-12-11-26-23(30)20-7-8-20)28-18-19-5-4-6-22(17-19)32-16-13-29(2)21-9-14-31-15-10-21;/h4-6,17,20-21H,3,7-16,18H2,1-2H3,(H,26,30)(H2,25,27,28);1H. The van der Waals surface area contributed by atoms with Crippen LogP contribution >= 0.6 is 24.0 Å². The summed E-state index contributed by atoms with van der Waals surface area (Å²) in [7, 11) is 2.16. The van der Waals surface area contributed by atoms with E-state index in [0.29, 0.717) is 32.3 Å². The molecule has 0 spiro atoms. The lowest BCUT2D eigenvalue weighted by Crippen LogP contribution is -2.41. The highest BCUT2D eigenvalue weighted by atomic mass is 127. The van der Waals surface area contributed by atoms with Gasteiger partial charge in [-0.3, -0.25) is 9.69 Å². The lowest BCUT2D eigenvalue weighted by molar-refractivity contribution is -0.122. The molecule has 1 amide bonds. The zero-order chi connectivity index (χ0) is 22.6. The minimum Gasteiger partial charge on any atom is -0.492 e. The first kappa shape index (κ1) is 27.7. The third kappa shape index (κ3) is 10.5. The summed E-state index contributed by atoms with van der Waals surface area (Å²) >= 11 is 0. The van der Waals surface area contributed by atoms with E-state index in [1.807, 2.05) is 19.1 Å². The van der Waals surface area contributed by atoms with Crippen LogP contribution in [0.2, 0.25) is 0 Å². The van der Waals surface area contributed by atoms with E-state index in [2.05, 4.69) is 45.0 Å². The van der Waals surface area contributed by atoms with Crippen molar-refractivity contribution in [2.45, 2.75) is 45.2 Å². The van der Waals surface area contributed by atoms with Gasteiger partial charge in [0, 0.05) is 51.4 Å². The summed E-state index contributed by atoms with van der Waals surface area (Å²) in [6.07, 6.45) is 4.25. The number of guanidine groups is 1. The number of aliphatic imine (C=N–C) groups is 1. The van der Waals surface area contributed by atoms with Gasteiger partial charge in [0.1, 0.15) is 12.4 Å². The molecule has 1 aromatic carbocycles. The highest BCUT2D eigenvalue weighted by Crippen LogP contribution is 2.28. The number of likely N-dealkylation sites (N-methyl/N-ethyl adjacent to an activating group) is 1. The Hall–Kier alpha value is -1.59. The number of carbonyl (C=O) groups excluding carboxylic acids is 1. The largest absolute Gasteiger partial charge is 0.492 e. The average molecular weight is 574 g/mol. The Bertz CT molecular complexity index is 739. The van der Waals surface area contributed by atoms with Crippen LogP contribution in [0.15, 0.2) is 29.3 Å². The first-order valence-corrected chi connectivity index (χ1v) is 12.0. The molecule has 1 aromatic rings. The second kappa shape index (κ2) is 15.3. The van der Waals surface area contributed by atoms with Crippen LogP contribution in [0.4, 0.5) is 0 Å². The van der Waals surface area contributed by atoms with Crippen LogP contribution < -0.4 is 20.7 Å². The van der Waals surface area contributed by atoms with Crippen molar-refractivity contribution in [3.63, 3.8) is 0 Å². The van der Waals surface area contributed by atoms with E-state index in [1.54, 1.807) is 0 Å². The Morgan fingerprint density at radius 2 is 1.91 bits per heavy atom. The fourth-order valence-corrected chi connectivity index (χ4v) is 3.72. The lowest BCUT2D eigenvalue weighted by atomic mass is 10.1. The number of benzene rings is 1. The molecule has 0 unspecified atom stereocenters. The minimum absolute atomic E-state index is 0. The summed E-state index contributed by atoms with van der Waals surface area (Å²) in [5.74, 6) is 2.04. The fraction of sp³-hybridized carbons (Fsp3) is 0.667. The molecule has 1 aliphatic heterocycles. The number of hydrogen-bond donors (Lipinski definition) is 3. The zero-order valence-electron chi connectivity index (χ0n) is 20.0. The molecule has 0 bridgehead atoms. The molecule has 3 rings (SSSR count). The zero-order valence-corrected chi connectivity index (χ0v) is 22.3. The number of rotatable bonds is 12. The predicted molar refractivity (Wildman–Crippen MR) is 142 cm³/mol. The van der Waals surface area contributed by atoms with Crippen molar-refractivity contribution in [2.75, 3.05) is 53.0 Å². The quantitative estimate of drug-likeness (QED) is 0.154. The van der Waals surface area contributed by atoms with Gasteiger partial charge in [0.25, 0.3) is 0 Å². The maximum atomic E-state index is 11.7. The SMILES string of the molecule is CCNC(=NCc1cccc(OCCN(C)C2CCOCC2)c1)NCCNC(=O)C1CC1.I. The lowest BCUT2D eigenvalue weighted by Gasteiger charge is -2.31. The first-order chi connectivity index (χ1) is 15.7. The van der Waals surface area contributed by atoms with Crippen LogP contribution in [0.25, 0.3) is 0 Å². The van der Waals surface area contributed by atoms with Crippen molar-refractivity contribution in [1.29, 1.82) is 0 Å². The molecule has 8 nitrogen and oxygen atoms in total. The number of nitrogens with zero attached hydrogens (tertiary/aromatic N) is 2. The number of ether oxygens (including phenoxy) is 2. The topological polar surface area (TPSA) is 87.2 Å². The molecule has 0 radical (unpaired) electrons. The van der Waals surface area contributed by atoms with E-state index >= 15 is 0 Å². The van der Waals surface area contributed by atoms with Crippen LogP contribution in [0, 0.1) is 5.92 Å². The Balaban J connectivity index is 0.00000385. The van der Waals surface area contributed by atoms with Crippen molar-refractivity contribution >= 4 is 35.8 Å². The predicted octanol–water partition coefficient (Wildman–Crippen LogP) is 2.38. The highest BCUT2D eigenvalue weighted by molar-refractivity contribution is 14.0. The molecular weight excluding hydrogens is 533 g/mol. The summed E-state index contributed by atoms with van der Waals surface area (Å²) < 4.78 is 11.4. The number of hydrogen-bond acceptors (Lipinski definition) is 5. The van der Waals surface area contributed by atoms with Crippen LogP contribution in [0.3, 0.4) is 0 Å². The van der Waals surface area contributed by atoms with E-state index in [-0.39, 0.29) is 35.8 Å². The highest BCUT2D eigenvalue weighted by Gasteiger charge is 2.28. The molecule has 0 aromatic heterocycles. The molecule has 9 heteroatoms. The molecule has 3 N–H and O–H groups in total. The van der Waals surface area contributed by atoms with Gasteiger partial charge < -0.3 is 25.4 Å². The first-order valence-electron chi connectivity index (χ1n) is 12.0. The van der Waals surface area contributed by atoms with Gasteiger partial charge in [-0.05, 0) is 57.4 Å². The molecule has 2 aliphatic rings. The number of amides is 1. The smallest absolute Gasteiger partial charge is 0.223 e. The Kier molecular flexibility index (Phi) is 12.9. The molecular formula is C24H40IN5O3. The normalized spacial score (nSPS) is 16.8. The molecule has 186 valence electrons. The molecule has 1 saturated carbocycles. The van der Waals surface area contributed by atoms with Gasteiger partial charge in [0.05, 0.1) is 6.54 Å². The van der Waals surface area contributed by atoms with Crippen LogP contribution in [-0.2, 0) is 16.1 Å². The Morgan fingerprint density at radius 3 is 2.64 bits per heavy atom. The maximum Gasteiger partial charge on any atom is 0.223 e. The summed E-state index contributed by atoms with van der Waals surface area (Å²) in [6.45, 7) is 7.91. The maximum absolute atomic E-state index is 11.7. The van der Waals surface area contributed by atoms with Crippen LogP contribution in [-0.4, -0.2) is 75.9 Å². The third-order valence-electron chi connectivity index (χ3n) is 5.85. The molecule has 0 atom stereocenters. The molecule has 33 heavy (non-hydrogen) atoms. The summed E-state index contributed by atoms with van der Waals surface area (Å²) in [5, 5.41) is 9.49. The molecule has 1 aliphatic carbocycles. The van der Waals surface area contributed by atoms with Crippen LogP contribution in [0.5, 0.6) is 5.75 Å². The van der Waals surface area contributed by atoms with E-state index in [1.165, 1.54) is 0 Å². The van der Waals surface area contributed by atoms with Crippen molar-refractivity contribution in [3.05, 3.63) is 29.8 Å². The van der Waals surface area contributed by atoms with Crippen molar-refractivity contribution in [3.8, 4) is 5.75 Å². The minimum atomic E-state index is 0. The average Bonchev–Trinajstić information content (AvgIpc) is 3.66. The summed E-state index contributed by atoms with van der Waals surface area (Å²) in [6, 6.07) is 8.71. The van der Waals surface area contributed by atoms with Gasteiger partial charge in [0.15, 0.2) is 5.96 Å². The Labute approximate surface area is 215 Å². The van der Waals surface area contributed by atoms with E-state index < -0.39 is 0 Å². The van der Waals surface area contributed by atoms with Crippen molar-refractivity contribution in [2.24, 2.45) is 10.9 Å². The van der Waals surface area contributed by atoms with Crippen molar-refractivity contribution in [1.82, 2.24) is 20.9 Å². The van der Waals surface area contributed by atoms with Gasteiger partial charge in [-0.1, -0.05) is 12.1 Å². The second-order valence-corrected chi connectivity index (χ2v) is 8.51. The fourth-order valence-electron chi connectivity index (χ4n) is 3.72. The monoisotopic (exact) mass is 573 g/mol. The summed E-state index contributed by atoms with van der Waals surface area (Å²) in [5.41, 5.74) is 1.10. The van der Waals surface area contributed by atoms with Crippen LogP contribution in [0.1, 0.15) is 38.2 Å². The van der Waals surface area contributed by atoms with E-state index in [9.17, 15) is 4.79 Å². The van der Waals surface area contributed by atoms with Gasteiger partial charge in [-0.25, -0.2) is 4.99 Å². The second-order valence-electron chi connectivity index (χ2n) is 8.51. The summed E-state index contributed by atoms with van der Waals surface area (Å²) in [4.78, 5) is 18.7. The molecule has 2 fully saturated rings. The van der Waals surface area contributed by atoms with Crippen molar-refractivity contribution < 1.29 is 14.3 Å². The number of halogens is 1. The number of carbonyl (C=O) groups is 1. The van der Waals surface area contributed by atoms with E-state index in [0.717, 1.165) is 69.3 Å².